The molecule has 1 amide bonds. The second-order valence-corrected chi connectivity index (χ2v) is 4.53. The topological polar surface area (TPSA) is 80.1 Å². The molecule has 19 heavy (non-hydrogen) atoms. The first-order valence-corrected chi connectivity index (χ1v) is 6.17. The highest BCUT2D eigenvalue weighted by molar-refractivity contribution is 5.95. The molecule has 1 aromatic carbocycles. The highest BCUT2D eigenvalue weighted by Gasteiger charge is 2.19. The second-order valence-electron chi connectivity index (χ2n) is 4.53. The summed E-state index contributed by atoms with van der Waals surface area (Å²) in [5.41, 5.74) is 8.77. The number of H-pyrrole nitrogens is 1. The Bertz CT molecular complexity index is 593. The molecule has 1 aliphatic rings. The molecule has 1 unspecified atom stereocenters. The van der Waals surface area contributed by atoms with Crippen LogP contribution in [-0.4, -0.2) is 24.0 Å². The first-order valence-electron chi connectivity index (χ1n) is 6.17. The highest BCUT2D eigenvalue weighted by atomic mass is 16.5. The average molecular weight is 257 g/mol. The maximum absolute atomic E-state index is 11.3. The number of amides is 1. The van der Waals surface area contributed by atoms with Crippen molar-refractivity contribution in [3.05, 3.63) is 47.8 Å². The van der Waals surface area contributed by atoms with E-state index < -0.39 is 0 Å². The molecule has 1 aliphatic heterocycles. The molecule has 2 heterocycles. The van der Waals surface area contributed by atoms with Gasteiger partial charge in [0, 0.05) is 24.9 Å². The molecule has 0 aliphatic carbocycles. The van der Waals surface area contributed by atoms with Gasteiger partial charge in [0.1, 0.15) is 5.75 Å². The minimum Gasteiger partial charge on any atom is -0.482 e. The van der Waals surface area contributed by atoms with Crippen LogP contribution in [-0.2, 0) is 4.79 Å². The minimum absolute atomic E-state index is 0.0739. The summed E-state index contributed by atoms with van der Waals surface area (Å²) in [4.78, 5) is 14.4. The Labute approximate surface area is 110 Å². The zero-order valence-corrected chi connectivity index (χ0v) is 10.3. The van der Waals surface area contributed by atoms with E-state index in [-0.39, 0.29) is 18.4 Å². The van der Waals surface area contributed by atoms with Crippen LogP contribution < -0.4 is 15.8 Å². The summed E-state index contributed by atoms with van der Waals surface area (Å²) < 4.78 is 5.35. The molecule has 1 aromatic heterocycles. The summed E-state index contributed by atoms with van der Waals surface area (Å²) in [7, 11) is 0. The van der Waals surface area contributed by atoms with Gasteiger partial charge in [-0.1, -0.05) is 6.07 Å². The predicted molar refractivity (Wildman–Crippen MR) is 72.3 cm³/mol. The van der Waals surface area contributed by atoms with Gasteiger partial charge < -0.3 is 20.8 Å². The molecule has 0 spiro atoms. The maximum atomic E-state index is 11.3. The Morgan fingerprint density at radius 3 is 2.95 bits per heavy atom. The number of hydrogen-bond acceptors (Lipinski definition) is 3. The number of aromatic amines is 1. The molecule has 5 heteroatoms. The lowest BCUT2D eigenvalue weighted by Crippen LogP contribution is -2.25. The van der Waals surface area contributed by atoms with Gasteiger partial charge >= 0.3 is 0 Å². The summed E-state index contributed by atoms with van der Waals surface area (Å²) in [6.07, 6.45) is 3.81. The SMILES string of the molecule is NCC(c1cc[nH]c1)c1ccc2c(c1)NC(=O)CO2. The van der Waals surface area contributed by atoms with E-state index in [9.17, 15) is 4.79 Å². The van der Waals surface area contributed by atoms with Crippen LogP contribution in [0.2, 0.25) is 0 Å². The Morgan fingerprint density at radius 1 is 1.32 bits per heavy atom. The standard InChI is InChI=1S/C14H15N3O2/c15-6-11(10-3-4-16-7-10)9-1-2-13-12(5-9)17-14(18)8-19-13/h1-5,7,11,16H,6,8,15H2,(H,17,18). The van der Waals surface area contributed by atoms with Crippen molar-refractivity contribution in [1.82, 2.24) is 4.98 Å². The zero-order chi connectivity index (χ0) is 13.2. The van der Waals surface area contributed by atoms with Crippen molar-refractivity contribution < 1.29 is 9.53 Å². The van der Waals surface area contributed by atoms with E-state index in [1.807, 2.05) is 36.7 Å². The predicted octanol–water partition coefficient (Wildman–Crippen LogP) is 1.44. The summed E-state index contributed by atoms with van der Waals surface area (Å²) in [5.74, 6) is 0.680. The van der Waals surface area contributed by atoms with Crippen LogP contribution in [0.15, 0.2) is 36.7 Å². The van der Waals surface area contributed by atoms with Crippen LogP contribution in [0.4, 0.5) is 5.69 Å². The van der Waals surface area contributed by atoms with Crippen molar-refractivity contribution in [3.8, 4) is 5.75 Å². The van der Waals surface area contributed by atoms with E-state index in [0.717, 1.165) is 11.1 Å². The van der Waals surface area contributed by atoms with E-state index in [1.165, 1.54) is 0 Å². The van der Waals surface area contributed by atoms with Crippen LogP contribution in [0, 0.1) is 0 Å². The first kappa shape index (κ1) is 11.8. The van der Waals surface area contributed by atoms with Gasteiger partial charge in [-0.2, -0.15) is 0 Å². The average Bonchev–Trinajstić information content (AvgIpc) is 2.93. The van der Waals surface area contributed by atoms with Crippen molar-refractivity contribution in [2.45, 2.75) is 5.92 Å². The summed E-state index contributed by atoms with van der Waals surface area (Å²) in [6.45, 7) is 0.579. The third-order valence-corrected chi connectivity index (χ3v) is 3.30. The monoisotopic (exact) mass is 257 g/mol. The van der Waals surface area contributed by atoms with Gasteiger partial charge in [0.25, 0.3) is 5.91 Å². The van der Waals surface area contributed by atoms with Crippen LogP contribution in [0.3, 0.4) is 0 Å². The van der Waals surface area contributed by atoms with E-state index in [0.29, 0.717) is 18.0 Å². The summed E-state index contributed by atoms with van der Waals surface area (Å²) >= 11 is 0. The maximum Gasteiger partial charge on any atom is 0.262 e. The molecule has 0 saturated heterocycles. The number of aromatic nitrogens is 1. The molecule has 1 atom stereocenters. The summed E-state index contributed by atoms with van der Waals surface area (Å²) in [5, 5.41) is 2.81. The van der Waals surface area contributed by atoms with Crippen molar-refractivity contribution in [2.75, 3.05) is 18.5 Å². The number of nitrogens with two attached hydrogens (primary N) is 1. The molecule has 0 bridgehead atoms. The number of hydrogen-bond donors (Lipinski definition) is 3. The highest BCUT2D eigenvalue weighted by Crippen LogP contribution is 2.33. The molecule has 0 fully saturated rings. The van der Waals surface area contributed by atoms with E-state index >= 15 is 0 Å². The van der Waals surface area contributed by atoms with Gasteiger partial charge in [-0.25, -0.2) is 0 Å². The van der Waals surface area contributed by atoms with E-state index in [4.69, 9.17) is 10.5 Å². The van der Waals surface area contributed by atoms with Gasteiger partial charge in [0.15, 0.2) is 6.61 Å². The molecule has 98 valence electrons. The number of nitrogens with one attached hydrogen (secondary N) is 2. The molecular weight excluding hydrogens is 242 g/mol. The fraction of sp³-hybridized carbons (Fsp3) is 0.214. The largest absolute Gasteiger partial charge is 0.482 e. The lowest BCUT2D eigenvalue weighted by atomic mass is 9.93. The van der Waals surface area contributed by atoms with Crippen LogP contribution in [0.5, 0.6) is 5.75 Å². The van der Waals surface area contributed by atoms with Crippen molar-refractivity contribution in [3.63, 3.8) is 0 Å². The Balaban J connectivity index is 1.97. The number of carbonyl (C=O) groups is 1. The first-order chi connectivity index (χ1) is 9.28. The van der Waals surface area contributed by atoms with Gasteiger partial charge in [0.05, 0.1) is 5.69 Å². The normalized spacial score (nSPS) is 15.3. The third kappa shape index (κ3) is 2.20. The van der Waals surface area contributed by atoms with E-state index in [1.54, 1.807) is 0 Å². The number of rotatable bonds is 3. The third-order valence-electron chi connectivity index (χ3n) is 3.30. The molecule has 2 aromatic rings. The Kier molecular flexibility index (Phi) is 2.97. The van der Waals surface area contributed by atoms with Gasteiger partial charge in [0.2, 0.25) is 0 Å². The quantitative estimate of drug-likeness (QED) is 0.778. The molecule has 3 rings (SSSR count). The lowest BCUT2D eigenvalue weighted by molar-refractivity contribution is -0.118. The van der Waals surface area contributed by atoms with Crippen LogP contribution in [0.1, 0.15) is 17.0 Å². The van der Waals surface area contributed by atoms with Gasteiger partial charge in [-0.15, -0.1) is 0 Å². The van der Waals surface area contributed by atoms with Crippen molar-refractivity contribution in [2.24, 2.45) is 5.73 Å². The number of anilines is 1. The number of fused-ring (bicyclic) bond motifs is 1. The fourth-order valence-electron chi connectivity index (χ4n) is 2.34. The number of carbonyl (C=O) groups excluding carboxylic acids is 1. The number of benzene rings is 1. The van der Waals surface area contributed by atoms with Gasteiger partial charge in [-0.3, -0.25) is 4.79 Å². The van der Waals surface area contributed by atoms with Crippen molar-refractivity contribution >= 4 is 11.6 Å². The number of ether oxygens (including phenoxy) is 1. The molecular formula is C14H15N3O2. The minimum atomic E-state index is -0.129. The molecule has 0 saturated carbocycles. The second kappa shape index (κ2) is 4.78. The molecule has 0 radical (unpaired) electrons. The smallest absolute Gasteiger partial charge is 0.262 e. The van der Waals surface area contributed by atoms with Crippen LogP contribution >= 0.6 is 0 Å². The zero-order valence-electron chi connectivity index (χ0n) is 10.3. The van der Waals surface area contributed by atoms with Crippen LogP contribution in [0.25, 0.3) is 0 Å². The molecule has 4 N–H and O–H groups in total. The van der Waals surface area contributed by atoms with Crippen molar-refractivity contribution in [1.29, 1.82) is 0 Å². The summed E-state index contributed by atoms with van der Waals surface area (Å²) in [6, 6.07) is 7.79. The lowest BCUT2D eigenvalue weighted by Gasteiger charge is -2.21. The Morgan fingerprint density at radius 2 is 2.21 bits per heavy atom. The van der Waals surface area contributed by atoms with Gasteiger partial charge in [-0.05, 0) is 29.3 Å². The molecule has 5 nitrogen and oxygen atoms in total. The van der Waals surface area contributed by atoms with E-state index in [2.05, 4.69) is 10.3 Å². The Hall–Kier alpha value is -2.27. The fourth-order valence-corrected chi connectivity index (χ4v) is 2.34.